The fraction of sp³-hybridized carbons (Fsp3) is 0.588. The molecular formula is C17H27NO2. The minimum atomic E-state index is -0.875. The van der Waals surface area contributed by atoms with Crippen LogP contribution in [0, 0.1) is 0 Å². The number of hydrogen-bond donors (Lipinski definition) is 2. The highest BCUT2D eigenvalue weighted by molar-refractivity contribution is 5.87. The van der Waals surface area contributed by atoms with Crippen molar-refractivity contribution in [3.05, 3.63) is 35.4 Å². The first-order valence-electron chi connectivity index (χ1n) is 7.40. The molecule has 0 atom stereocenters. The van der Waals surface area contributed by atoms with E-state index in [2.05, 4.69) is 20.8 Å². The van der Waals surface area contributed by atoms with Gasteiger partial charge in [0.2, 0.25) is 0 Å². The fourth-order valence-electron chi connectivity index (χ4n) is 2.25. The van der Waals surface area contributed by atoms with Gasteiger partial charge in [0.05, 0.1) is 5.56 Å². The molecule has 0 spiro atoms. The van der Waals surface area contributed by atoms with Gasteiger partial charge in [-0.25, -0.2) is 4.79 Å². The van der Waals surface area contributed by atoms with Gasteiger partial charge in [0.15, 0.2) is 0 Å². The molecule has 1 fully saturated rings. The van der Waals surface area contributed by atoms with E-state index in [0.717, 1.165) is 5.56 Å². The molecule has 1 aliphatic rings. The van der Waals surface area contributed by atoms with E-state index in [-0.39, 0.29) is 5.41 Å². The van der Waals surface area contributed by atoms with Crippen LogP contribution in [0.25, 0.3) is 0 Å². The van der Waals surface area contributed by atoms with Crippen LogP contribution in [0.4, 0.5) is 0 Å². The highest BCUT2D eigenvalue weighted by Crippen LogP contribution is 2.22. The largest absolute Gasteiger partial charge is 0.478 e. The van der Waals surface area contributed by atoms with Gasteiger partial charge < -0.3 is 10.8 Å². The summed E-state index contributed by atoms with van der Waals surface area (Å²) in [6, 6.07) is 7.55. The molecule has 0 saturated heterocycles. The van der Waals surface area contributed by atoms with Gasteiger partial charge in [0.25, 0.3) is 0 Å². The van der Waals surface area contributed by atoms with Gasteiger partial charge in [-0.3, -0.25) is 0 Å². The highest BCUT2D eigenvalue weighted by Gasteiger charge is 2.13. The number of hydrogen-bond acceptors (Lipinski definition) is 2. The molecular weight excluding hydrogens is 250 g/mol. The second kappa shape index (κ2) is 7.44. The summed E-state index contributed by atoms with van der Waals surface area (Å²) in [6.07, 6.45) is 6.66. The van der Waals surface area contributed by atoms with Crippen LogP contribution in [0.1, 0.15) is 68.8 Å². The minimum Gasteiger partial charge on any atom is -0.478 e. The zero-order chi connectivity index (χ0) is 15.2. The first-order valence-corrected chi connectivity index (χ1v) is 7.40. The van der Waals surface area contributed by atoms with Crippen molar-refractivity contribution in [1.29, 1.82) is 0 Å². The monoisotopic (exact) mass is 277 g/mol. The van der Waals surface area contributed by atoms with Crippen molar-refractivity contribution in [2.45, 2.75) is 64.3 Å². The Labute approximate surface area is 122 Å². The molecule has 0 amide bonds. The maximum absolute atomic E-state index is 10.6. The lowest BCUT2D eigenvalue weighted by Gasteiger charge is -2.18. The molecule has 1 aromatic carbocycles. The Morgan fingerprint density at radius 2 is 1.60 bits per heavy atom. The average Bonchev–Trinajstić information content (AvgIpc) is 2.39. The van der Waals surface area contributed by atoms with Gasteiger partial charge in [0.1, 0.15) is 0 Å². The van der Waals surface area contributed by atoms with Gasteiger partial charge in [-0.1, -0.05) is 52.2 Å². The number of rotatable bonds is 1. The third-order valence-electron chi connectivity index (χ3n) is 3.65. The van der Waals surface area contributed by atoms with E-state index in [4.69, 9.17) is 10.8 Å². The van der Waals surface area contributed by atoms with Crippen LogP contribution in [0.5, 0.6) is 0 Å². The normalized spacial score (nSPS) is 16.2. The van der Waals surface area contributed by atoms with Gasteiger partial charge >= 0.3 is 5.97 Å². The summed E-state index contributed by atoms with van der Waals surface area (Å²) in [5.41, 5.74) is 7.21. The molecule has 112 valence electrons. The molecule has 3 N–H and O–H groups in total. The number of carboxylic acid groups (broad SMARTS) is 1. The summed E-state index contributed by atoms with van der Waals surface area (Å²) in [5, 5.41) is 8.68. The fourth-order valence-corrected chi connectivity index (χ4v) is 2.25. The number of carbonyl (C=O) groups is 1. The molecule has 20 heavy (non-hydrogen) atoms. The van der Waals surface area contributed by atoms with Gasteiger partial charge in [-0.05, 0) is 36.0 Å². The Bertz CT molecular complexity index is 412. The van der Waals surface area contributed by atoms with Crippen molar-refractivity contribution >= 4 is 5.97 Å². The molecule has 0 aromatic heterocycles. The molecule has 3 nitrogen and oxygen atoms in total. The van der Waals surface area contributed by atoms with E-state index in [0.29, 0.717) is 11.6 Å². The van der Waals surface area contributed by atoms with Crippen LogP contribution in [0.2, 0.25) is 0 Å². The van der Waals surface area contributed by atoms with E-state index in [1.807, 2.05) is 12.1 Å². The summed E-state index contributed by atoms with van der Waals surface area (Å²) >= 11 is 0. The summed E-state index contributed by atoms with van der Waals surface area (Å²) < 4.78 is 0. The maximum Gasteiger partial charge on any atom is 0.335 e. The average molecular weight is 277 g/mol. The Hall–Kier alpha value is -1.35. The standard InChI is InChI=1S/C11H14O2.C6H13N/c1-11(2,3)9-6-4-8(5-7-9)10(12)13;7-6-4-2-1-3-5-6/h4-7H,1-3H3,(H,12,13);6H,1-5,7H2. The molecule has 0 aliphatic heterocycles. The van der Waals surface area contributed by atoms with Gasteiger partial charge in [-0.2, -0.15) is 0 Å². The lowest BCUT2D eigenvalue weighted by atomic mass is 9.87. The van der Waals surface area contributed by atoms with Crippen molar-refractivity contribution in [2.24, 2.45) is 5.73 Å². The summed E-state index contributed by atoms with van der Waals surface area (Å²) in [5.74, 6) is -0.875. The first-order chi connectivity index (χ1) is 9.30. The van der Waals surface area contributed by atoms with E-state index >= 15 is 0 Å². The van der Waals surface area contributed by atoms with Crippen LogP contribution in [-0.4, -0.2) is 17.1 Å². The van der Waals surface area contributed by atoms with Crippen molar-refractivity contribution in [3.8, 4) is 0 Å². The zero-order valence-corrected chi connectivity index (χ0v) is 12.9. The second-order valence-corrected chi connectivity index (χ2v) is 6.53. The van der Waals surface area contributed by atoms with Gasteiger partial charge in [0, 0.05) is 6.04 Å². The second-order valence-electron chi connectivity index (χ2n) is 6.53. The van der Waals surface area contributed by atoms with Crippen LogP contribution in [0.15, 0.2) is 24.3 Å². The molecule has 1 aromatic rings. The van der Waals surface area contributed by atoms with E-state index < -0.39 is 5.97 Å². The third kappa shape index (κ3) is 5.74. The predicted octanol–water partition coefficient (Wildman–Crippen LogP) is 3.96. The molecule has 1 aliphatic carbocycles. The molecule has 0 unspecified atom stereocenters. The third-order valence-corrected chi connectivity index (χ3v) is 3.65. The van der Waals surface area contributed by atoms with Crippen LogP contribution < -0.4 is 5.73 Å². The lowest BCUT2D eigenvalue weighted by Crippen LogP contribution is -2.22. The van der Waals surface area contributed by atoms with Crippen molar-refractivity contribution in [3.63, 3.8) is 0 Å². The number of carboxylic acids is 1. The lowest BCUT2D eigenvalue weighted by molar-refractivity contribution is 0.0697. The Kier molecular flexibility index (Phi) is 6.21. The summed E-state index contributed by atoms with van der Waals surface area (Å²) in [7, 11) is 0. The topological polar surface area (TPSA) is 63.3 Å². The molecule has 0 heterocycles. The van der Waals surface area contributed by atoms with E-state index in [1.54, 1.807) is 12.1 Å². The van der Waals surface area contributed by atoms with Crippen LogP contribution >= 0.6 is 0 Å². The molecule has 0 radical (unpaired) electrons. The summed E-state index contributed by atoms with van der Waals surface area (Å²) in [6.45, 7) is 6.30. The minimum absolute atomic E-state index is 0.0804. The number of aromatic carboxylic acids is 1. The smallest absolute Gasteiger partial charge is 0.335 e. The van der Waals surface area contributed by atoms with Crippen molar-refractivity contribution < 1.29 is 9.90 Å². The van der Waals surface area contributed by atoms with E-state index in [9.17, 15) is 4.79 Å². The molecule has 1 saturated carbocycles. The molecule has 3 heteroatoms. The molecule has 2 rings (SSSR count). The zero-order valence-electron chi connectivity index (χ0n) is 12.9. The number of benzene rings is 1. The number of nitrogens with two attached hydrogens (primary N) is 1. The van der Waals surface area contributed by atoms with Crippen molar-refractivity contribution in [1.82, 2.24) is 0 Å². The van der Waals surface area contributed by atoms with Gasteiger partial charge in [-0.15, -0.1) is 0 Å². The highest BCUT2D eigenvalue weighted by atomic mass is 16.4. The quantitative estimate of drug-likeness (QED) is 0.816. The van der Waals surface area contributed by atoms with E-state index in [1.165, 1.54) is 32.1 Å². The van der Waals surface area contributed by atoms with Crippen molar-refractivity contribution in [2.75, 3.05) is 0 Å². The van der Waals surface area contributed by atoms with Crippen LogP contribution in [0.3, 0.4) is 0 Å². The first kappa shape index (κ1) is 16.7. The predicted molar refractivity (Wildman–Crippen MR) is 83.2 cm³/mol. The molecule has 0 bridgehead atoms. The SMILES string of the molecule is CC(C)(C)c1ccc(C(=O)O)cc1.NC1CCCCC1. The Balaban J connectivity index is 0.000000240. The Morgan fingerprint density at radius 3 is 1.90 bits per heavy atom. The Morgan fingerprint density at radius 1 is 1.10 bits per heavy atom. The summed E-state index contributed by atoms with van der Waals surface area (Å²) in [4.78, 5) is 10.6. The van der Waals surface area contributed by atoms with Crippen LogP contribution in [-0.2, 0) is 5.41 Å². The maximum atomic E-state index is 10.6.